The lowest BCUT2D eigenvalue weighted by Crippen LogP contribution is -2.34. The van der Waals surface area contributed by atoms with Gasteiger partial charge in [0.15, 0.2) is 5.82 Å². The number of rotatable bonds is 7. The first-order valence-corrected chi connectivity index (χ1v) is 9.68. The highest BCUT2D eigenvalue weighted by Crippen LogP contribution is 2.25. The van der Waals surface area contributed by atoms with E-state index < -0.39 is 29.3 Å². The smallest absolute Gasteiger partial charge is 0.319 e. The van der Waals surface area contributed by atoms with Gasteiger partial charge in [0.2, 0.25) is 5.89 Å². The van der Waals surface area contributed by atoms with Crippen molar-refractivity contribution in [3.63, 3.8) is 0 Å². The van der Waals surface area contributed by atoms with Crippen LogP contribution in [0.3, 0.4) is 0 Å². The standard InChI is InChI=1S/C21H20ClFN4O4/c1-21(2,19(28)29)18-26-17(27-31-18)16(11-12-3-5-13(22)6-4-12)25-20(30)24-15-9-7-14(23)8-10-15/h3-10,16H,11H2,1-2H3,(H,28,29)(H2,24,25,30). The molecule has 8 nitrogen and oxygen atoms in total. The molecule has 0 aliphatic rings. The number of urea groups is 1. The van der Waals surface area contributed by atoms with E-state index >= 15 is 0 Å². The molecule has 3 rings (SSSR count). The number of hydrogen-bond acceptors (Lipinski definition) is 5. The van der Waals surface area contributed by atoms with Crippen LogP contribution in [-0.4, -0.2) is 27.2 Å². The minimum absolute atomic E-state index is 0.0863. The van der Waals surface area contributed by atoms with Gasteiger partial charge in [-0.2, -0.15) is 4.98 Å². The third-order valence-electron chi connectivity index (χ3n) is 4.58. The normalized spacial score (nSPS) is 12.3. The van der Waals surface area contributed by atoms with Gasteiger partial charge >= 0.3 is 12.0 Å². The van der Waals surface area contributed by atoms with Crippen LogP contribution >= 0.6 is 11.6 Å². The lowest BCUT2D eigenvalue weighted by molar-refractivity contribution is -0.143. The molecule has 1 unspecified atom stereocenters. The molecule has 0 spiro atoms. The monoisotopic (exact) mass is 446 g/mol. The number of anilines is 1. The predicted octanol–water partition coefficient (Wildman–Crippen LogP) is 4.33. The topological polar surface area (TPSA) is 117 Å². The molecule has 0 aliphatic carbocycles. The second kappa shape index (κ2) is 9.13. The van der Waals surface area contributed by atoms with E-state index in [4.69, 9.17) is 16.1 Å². The Morgan fingerprint density at radius 3 is 2.42 bits per heavy atom. The van der Waals surface area contributed by atoms with E-state index in [0.717, 1.165) is 5.56 Å². The molecule has 0 bridgehead atoms. The SMILES string of the molecule is CC(C)(C(=O)O)c1nc(C(Cc2ccc(Cl)cc2)NC(=O)Nc2ccc(F)cc2)no1. The van der Waals surface area contributed by atoms with Crippen LogP contribution in [0.25, 0.3) is 0 Å². The van der Waals surface area contributed by atoms with Crippen molar-refractivity contribution in [3.8, 4) is 0 Å². The number of carboxylic acid groups (broad SMARTS) is 1. The van der Waals surface area contributed by atoms with Crippen molar-refractivity contribution in [3.05, 3.63) is 76.6 Å². The fourth-order valence-electron chi connectivity index (χ4n) is 2.64. The minimum Gasteiger partial charge on any atom is -0.480 e. The highest BCUT2D eigenvalue weighted by molar-refractivity contribution is 6.30. The van der Waals surface area contributed by atoms with Gasteiger partial charge < -0.3 is 20.3 Å². The molecule has 0 saturated heterocycles. The second-order valence-corrected chi connectivity index (χ2v) is 7.81. The highest BCUT2D eigenvalue weighted by atomic mass is 35.5. The lowest BCUT2D eigenvalue weighted by Gasteiger charge is -2.17. The number of carbonyl (C=O) groups is 2. The van der Waals surface area contributed by atoms with Gasteiger partial charge in [-0.15, -0.1) is 0 Å². The minimum atomic E-state index is -1.40. The maximum Gasteiger partial charge on any atom is 0.319 e. The van der Waals surface area contributed by atoms with E-state index in [1.54, 1.807) is 24.3 Å². The summed E-state index contributed by atoms with van der Waals surface area (Å²) >= 11 is 5.93. The van der Waals surface area contributed by atoms with E-state index in [-0.39, 0.29) is 11.7 Å². The molecule has 2 aromatic carbocycles. The molecule has 31 heavy (non-hydrogen) atoms. The molecule has 0 saturated carbocycles. The van der Waals surface area contributed by atoms with Crippen molar-refractivity contribution in [1.29, 1.82) is 0 Å². The predicted molar refractivity (Wildman–Crippen MR) is 111 cm³/mol. The number of aromatic nitrogens is 2. The first-order chi connectivity index (χ1) is 14.6. The van der Waals surface area contributed by atoms with Crippen LogP contribution in [0.4, 0.5) is 14.9 Å². The van der Waals surface area contributed by atoms with Crippen LogP contribution in [0.1, 0.15) is 37.2 Å². The van der Waals surface area contributed by atoms with Crippen molar-refractivity contribution in [2.75, 3.05) is 5.32 Å². The molecule has 1 aromatic heterocycles. The fourth-order valence-corrected chi connectivity index (χ4v) is 2.77. The highest BCUT2D eigenvalue weighted by Gasteiger charge is 2.37. The van der Waals surface area contributed by atoms with Gasteiger partial charge in [0, 0.05) is 17.1 Å². The maximum absolute atomic E-state index is 13.1. The van der Waals surface area contributed by atoms with E-state index in [1.807, 2.05) is 0 Å². The molecule has 10 heteroatoms. The summed E-state index contributed by atoms with van der Waals surface area (Å²) in [6, 6.07) is 11.0. The van der Waals surface area contributed by atoms with E-state index in [2.05, 4.69) is 20.8 Å². The molecule has 3 aromatic rings. The second-order valence-electron chi connectivity index (χ2n) is 7.38. The fraction of sp³-hybridized carbons (Fsp3) is 0.238. The summed E-state index contributed by atoms with van der Waals surface area (Å²) in [6.07, 6.45) is 0.292. The summed E-state index contributed by atoms with van der Waals surface area (Å²) < 4.78 is 18.2. The maximum atomic E-state index is 13.1. The molecule has 0 fully saturated rings. The van der Waals surface area contributed by atoms with Crippen LogP contribution in [0.5, 0.6) is 0 Å². The molecule has 2 amide bonds. The Morgan fingerprint density at radius 2 is 1.81 bits per heavy atom. The molecule has 1 atom stereocenters. The van der Waals surface area contributed by atoms with Gasteiger partial charge in [-0.3, -0.25) is 4.79 Å². The van der Waals surface area contributed by atoms with Crippen LogP contribution < -0.4 is 10.6 Å². The molecule has 3 N–H and O–H groups in total. The van der Waals surface area contributed by atoms with Crippen molar-refractivity contribution >= 4 is 29.3 Å². The van der Waals surface area contributed by atoms with Crippen LogP contribution in [0.2, 0.25) is 5.02 Å². The van der Waals surface area contributed by atoms with Crippen molar-refractivity contribution in [1.82, 2.24) is 15.5 Å². The summed E-state index contributed by atoms with van der Waals surface area (Å²) in [7, 11) is 0. The first-order valence-electron chi connectivity index (χ1n) is 9.30. The number of carboxylic acids is 1. The van der Waals surface area contributed by atoms with Crippen LogP contribution in [0, 0.1) is 5.82 Å². The van der Waals surface area contributed by atoms with Crippen molar-refractivity contribution in [2.45, 2.75) is 31.7 Å². The van der Waals surface area contributed by atoms with E-state index in [9.17, 15) is 19.1 Å². The summed E-state index contributed by atoms with van der Waals surface area (Å²) in [5.41, 5.74) is -0.169. The first kappa shape index (κ1) is 22.2. The quantitative estimate of drug-likeness (QED) is 0.497. The molecule has 162 valence electrons. The van der Waals surface area contributed by atoms with Crippen LogP contribution in [-0.2, 0) is 16.6 Å². The van der Waals surface area contributed by atoms with Crippen molar-refractivity contribution in [2.24, 2.45) is 0 Å². The average molecular weight is 447 g/mol. The molecule has 0 aliphatic heterocycles. The van der Waals surface area contributed by atoms with E-state index in [1.165, 1.54) is 38.1 Å². The van der Waals surface area contributed by atoms with Gasteiger partial charge in [0.25, 0.3) is 0 Å². The molecular weight excluding hydrogens is 427 g/mol. The van der Waals surface area contributed by atoms with Gasteiger partial charge in [0.05, 0.1) is 6.04 Å². The Balaban J connectivity index is 1.83. The summed E-state index contributed by atoms with van der Waals surface area (Å²) in [4.78, 5) is 28.2. The number of hydrogen-bond donors (Lipinski definition) is 3. The summed E-state index contributed by atoms with van der Waals surface area (Å²) in [6.45, 7) is 2.88. The number of carbonyl (C=O) groups excluding carboxylic acids is 1. The number of nitrogens with zero attached hydrogens (tertiary/aromatic N) is 2. The Labute approximate surface area is 182 Å². The van der Waals surface area contributed by atoms with Crippen LogP contribution in [0.15, 0.2) is 53.1 Å². The Kier molecular flexibility index (Phi) is 6.55. The van der Waals surface area contributed by atoms with Gasteiger partial charge in [0.1, 0.15) is 11.2 Å². The van der Waals surface area contributed by atoms with E-state index in [0.29, 0.717) is 17.1 Å². The number of nitrogens with one attached hydrogen (secondary N) is 2. The van der Waals surface area contributed by atoms with Gasteiger partial charge in [-0.25, -0.2) is 9.18 Å². The Morgan fingerprint density at radius 1 is 1.16 bits per heavy atom. The number of aliphatic carboxylic acids is 1. The molecular formula is C21H20ClFN4O4. The molecule has 1 heterocycles. The number of halogens is 2. The number of benzene rings is 2. The zero-order valence-electron chi connectivity index (χ0n) is 16.7. The Hall–Kier alpha value is -3.46. The largest absolute Gasteiger partial charge is 0.480 e. The zero-order chi connectivity index (χ0) is 22.6. The lowest BCUT2D eigenvalue weighted by atomic mass is 9.94. The summed E-state index contributed by atoms with van der Waals surface area (Å²) in [5.74, 6) is -1.52. The van der Waals surface area contributed by atoms with Crippen molar-refractivity contribution < 1.29 is 23.6 Å². The number of amides is 2. The third kappa shape index (κ3) is 5.58. The zero-order valence-corrected chi connectivity index (χ0v) is 17.5. The third-order valence-corrected chi connectivity index (χ3v) is 4.84. The summed E-state index contributed by atoms with van der Waals surface area (Å²) in [5, 5.41) is 19.2. The van der Waals surface area contributed by atoms with Gasteiger partial charge in [-0.1, -0.05) is 28.9 Å². The molecule has 0 radical (unpaired) electrons. The Bertz CT molecular complexity index is 1070. The van der Waals surface area contributed by atoms with Gasteiger partial charge in [-0.05, 0) is 55.8 Å². The average Bonchev–Trinajstić information content (AvgIpc) is 3.22.